The maximum atomic E-state index is 14.5. The highest BCUT2D eigenvalue weighted by molar-refractivity contribution is 5.94. The van der Waals surface area contributed by atoms with Crippen molar-refractivity contribution < 1.29 is 18.7 Å². The minimum absolute atomic E-state index is 0.0692. The number of nitrogens with one attached hydrogen (secondary N) is 2. The van der Waals surface area contributed by atoms with Gasteiger partial charge in [-0.25, -0.2) is 4.39 Å². The molecule has 0 saturated carbocycles. The Kier molecular flexibility index (Phi) is 9.03. The van der Waals surface area contributed by atoms with Crippen LogP contribution in [0.5, 0.6) is 5.75 Å². The molecule has 7 nitrogen and oxygen atoms in total. The average molecular weight is 569 g/mol. The van der Waals surface area contributed by atoms with E-state index in [4.69, 9.17) is 4.74 Å². The summed E-state index contributed by atoms with van der Waals surface area (Å²) in [4.78, 5) is 32.1. The third-order valence-electron chi connectivity index (χ3n) is 7.85. The number of hydrogen-bond acceptors (Lipinski definition) is 4. The van der Waals surface area contributed by atoms with E-state index in [1.54, 1.807) is 42.2 Å². The largest absolute Gasteiger partial charge is 0.484 e. The fraction of sp³-hybridized carbons (Fsp3) is 0.294. The van der Waals surface area contributed by atoms with E-state index in [0.717, 1.165) is 17.5 Å². The van der Waals surface area contributed by atoms with Gasteiger partial charge in [0.2, 0.25) is 5.91 Å². The van der Waals surface area contributed by atoms with Crippen LogP contribution in [0.3, 0.4) is 0 Å². The Hall–Kier alpha value is -4.43. The van der Waals surface area contributed by atoms with Crippen LogP contribution < -0.4 is 10.1 Å². The lowest BCUT2D eigenvalue weighted by Gasteiger charge is -2.36. The van der Waals surface area contributed by atoms with E-state index >= 15 is 0 Å². The lowest BCUT2D eigenvalue weighted by molar-refractivity contribution is -0.127. The second-order valence-corrected chi connectivity index (χ2v) is 10.8. The molecule has 1 aliphatic rings. The van der Waals surface area contributed by atoms with E-state index in [-0.39, 0.29) is 17.6 Å². The zero-order valence-corrected chi connectivity index (χ0v) is 24.2. The van der Waals surface area contributed by atoms with Crippen molar-refractivity contribution in [2.24, 2.45) is 0 Å². The molecule has 42 heavy (non-hydrogen) atoms. The van der Waals surface area contributed by atoms with Crippen molar-refractivity contribution in [3.05, 3.63) is 113 Å². The lowest BCUT2D eigenvalue weighted by atomic mass is 10.1. The van der Waals surface area contributed by atoms with Gasteiger partial charge in [0.05, 0.1) is 0 Å². The van der Waals surface area contributed by atoms with Gasteiger partial charge in [-0.05, 0) is 85.5 Å². The summed E-state index contributed by atoms with van der Waals surface area (Å²) in [6, 6.07) is 18.5. The molecule has 0 bridgehead atoms. The van der Waals surface area contributed by atoms with E-state index in [1.165, 1.54) is 28.7 Å². The number of amides is 2. The summed E-state index contributed by atoms with van der Waals surface area (Å²) in [5.41, 5.74) is 5.31. The molecular formula is C34H37FN4O3. The highest BCUT2D eigenvalue weighted by Crippen LogP contribution is 2.26. The molecule has 0 aliphatic carbocycles. The van der Waals surface area contributed by atoms with E-state index in [0.29, 0.717) is 56.1 Å². The number of H-pyrrole nitrogens is 1. The predicted molar refractivity (Wildman–Crippen MR) is 163 cm³/mol. The topological polar surface area (TPSA) is 77.7 Å². The van der Waals surface area contributed by atoms with Crippen LogP contribution in [0.1, 0.15) is 38.7 Å². The molecule has 1 fully saturated rings. The second kappa shape index (κ2) is 13.0. The molecule has 0 radical (unpaired) electrons. The fourth-order valence-electron chi connectivity index (χ4n) is 5.30. The lowest BCUT2D eigenvalue weighted by Crippen LogP contribution is -2.49. The number of benzene rings is 3. The quantitative estimate of drug-likeness (QED) is 0.253. The Morgan fingerprint density at radius 3 is 2.52 bits per heavy atom. The summed E-state index contributed by atoms with van der Waals surface area (Å²) in [5, 5.41) is 4.19. The van der Waals surface area contributed by atoms with Crippen LogP contribution in [0.2, 0.25) is 0 Å². The number of halogens is 1. The monoisotopic (exact) mass is 568 g/mol. The number of carbonyl (C=O) groups is 2. The highest BCUT2D eigenvalue weighted by atomic mass is 19.1. The van der Waals surface area contributed by atoms with Gasteiger partial charge >= 0.3 is 0 Å². The molecule has 0 spiro atoms. The van der Waals surface area contributed by atoms with Gasteiger partial charge < -0.3 is 19.9 Å². The first-order chi connectivity index (χ1) is 20.3. The average Bonchev–Trinajstić information content (AvgIpc) is 3.40. The maximum Gasteiger partial charge on any atom is 0.251 e. The molecule has 5 rings (SSSR count). The van der Waals surface area contributed by atoms with Crippen LogP contribution in [0.15, 0.2) is 79.5 Å². The molecule has 218 valence electrons. The molecule has 1 saturated heterocycles. The van der Waals surface area contributed by atoms with Crippen LogP contribution in [-0.2, 0) is 11.2 Å². The number of aromatic amines is 1. The molecule has 2 amide bonds. The molecule has 8 heteroatoms. The van der Waals surface area contributed by atoms with Crippen LogP contribution in [0, 0.1) is 19.7 Å². The van der Waals surface area contributed by atoms with E-state index < -0.39 is 6.10 Å². The van der Waals surface area contributed by atoms with Crippen LogP contribution in [-0.4, -0.2) is 65.9 Å². The SMILES string of the molecule is C=CC(=O)N1CCN(CC(Oc2ccc(C(=O)NCCc3c[nH]c4ccc(C)cc34)cc2)c2ccc(C)c(F)c2)CC1. The predicted octanol–water partition coefficient (Wildman–Crippen LogP) is 5.35. The van der Waals surface area contributed by atoms with Crippen LogP contribution in [0.4, 0.5) is 4.39 Å². The van der Waals surface area contributed by atoms with Gasteiger partial charge in [-0.15, -0.1) is 0 Å². The van der Waals surface area contributed by atoms with Crippen molar-refractivity contribution in [3.63, 3.8) is 0 Å². The van der Waals surface area contributed by atoms with Gasteiger partial charge in [0, 0.05) is 61.9 Å². The van der Waals surface area contributed by atoms with Crippen LogP contribution in [0.25, 0.3) is 10.9 Å². The van der Waals surface area contributed by atoms with E-state index in [2.05, 4.69) is 46.9 Å². The number of piperazine rings is 1. The zero-order valence-electron chi connectivity index (χ0n) is 24.2. The molecule has 1 aromatic heterocycles. The van der Waals surface area contributed by atoms with Gasteiger partial charge in [0.1, 0.15) is 17.7 Å². The molecule has 3 aromatic carbocycles. The van der Waals surface area contributed by atoms with Gasteiger partial charge in [0.15, 0.2) is 0 Å². The standard InChI is InChI=1S/C34H37FN4O3/c1-4-33(40)39-17-15-38(16-18-39)22-32(26-7-6-24(3)30(35)20-26)42-28-10-8-25(9-11-28)34(41)36-14-13-27-21-37-31-12-5-23(2)19-29(27)31/h4-12,19-21,32,37H,1,13-18,22H2,2-3H3,(H,36,41). The smallest absolute Gasteiger partial charge is 0.251 e. The number of ether oxygens (including phenoxy) is 1. The molecule has 1 atom stereocenters. The highest BCUT2D eigenvalue weighted by Gasteiger charge is 2.24. The molecule has 1 aliphatic heterocycles. The van der Waals surface area contributed by atoms with Crippen molar-refractivity contribution >= 4 is 22.7 Å². The van der Waals surface area contributed by atoms with Gasteiger partial charge in [-0.2, -0.15) is 0 Å². The van der Waals surface area contributed by atoms with Gasteiger partial charge in [-0.3, -0.25) is 14.5 Å². The first-order valence-electron chi connectivity index (χ1n) is 14.3. The van der Waals surface area contributed by atoms with Crippen molar-refractivity contribution in [1.29, 1.82) is 0 Å². The first-order valence-corrected chi connectivity index (χ1v) is 14.3. The summed E-state index contributed by atoms with van der Waals surface area (Å²) >= 11 is 0. The Bertz CT molecular complexity index is 1570. The summed E-state index contributed by atoms with van der Waals surface area (Å²) in [6.45, 7) is 11.0. The number of carbonyl (C=O) groups excluding carboxylic acids is 2. The van der Waals surface area contributed by atoms with Gasteiger partial charge in [-0.1, -0.05) is 30.3 Å². The van der Waals surface area contributed by atoms with E-state index in [9.17, 15) is 14.0 Å². The number of aromatic nitrogens is 1. The Morgan fingerprint density at radius 2 is 1.81 bits per heavy atom. The summed E-state index contributed by atoms with van der Waals surface area (Å²) in [5.74, 6) is 0.0892. The molecule has 2 heterocycles. The first kappa shape index (κ1) is 29.1. The zero-order chi connectivity index (χ0) is 29.6. The summed E-state index contributed by atoms with van der Waals surface area (Å²) in [7, 11) is 0. The Morgan fingerprint density at radius 1 is 1.05 bits per heavy atom. The number of fused-ring (bicyclic) bond motifs is 1. The van der Waals surface area contributed by atoms with Crippen molar-refractivity contribution in [3.8, 4) is 5.75 Å². The fourth-order valence-corrected chi connectivity index (χ4v) is 5.30. The second-order valence-electron chi connectivity index (χ2n) is 10.8. The van der Waals surface area contributed by atoms with Crippen LogP contribution >= 0.6 is 0 Å². The molecule has 1 unspecified atom stereocenters. The minimum atomic E-state index is -0.429. The number of nitrogens with zero attached hydrogens (tertiary/aromatic N) is 2. The Labute approximate surface area is 246 Å². The molecule has 4 aromatic rings. The van der Waals surface area contributed by atoms with Gasteiger partial charge in [0.25, 0.3) is 5.91 Å². The maximum absolute atomic E-state index is 14.5. The van der Waals surface area contributed by atoms with Crippen molar-refractivity contribution in [2.45, 2.75) is 26.4 Å². The third-order valence-corrected chi connectivity index (χ3v) is 7.85. The molecule has 2 N–H and O–H groups in total. The normalized spacial score (nSPS) is 14.5. The Balaban J connectivity index is 1.21. The number of aryl methyl sites for hydroxylation is 2. The third kappa shape index (κ3) is 6.89. The number of hydrogen-bond donors (Lipinski definition) is 2. The number of rotatable bonds is 10. The van der Waals surface area contributed by atoms with E-state index in [1.807, 2.05) is 12.3 Å². The summed E-state index contributed by atoms with van der Waals surface area (Å²) < 4.78 is 20.9. The van der Waals surface area contributed by atoms with Crippen molar-refractivity contribution in [2.75, 3.05) is 39.3 Å². The van der Waals surface area contributed by atoms with Crippen molar-refractivity contribution in [1.82, 2.24) is 20.1 Å². The summed E-state index contributed by atoms with van der Waals surface area (Å²) in [6.07, 6.45) is 3.63. The minimum Gasteiger partial charge on any atom is -0.484 e. The molecular weight excluding hydrogens is 531 g/mol.